The number of nitrogens with two attached hydrogens (primary N) is 1. The van der Waals surface area contributed by atoms with E-state index in [1.165, 1.54) is 0 Å². The van der Waals surface area contributed by atoms with Crippen molar-refractivity contribution in [1.82, 2.24) is 4.90 Å². The van der Waals surface area contributed by atoms with Gasteiger partial charge in [-0.1, -0.05) is 12.1 Å². The number of aliphatic hydroxyl groups excluding tert-OH is 1. The Balaban J connectivity index is 2.10. The van der Waals surface area contributed by atoms with Gasteiger partial charge in [-0.3, -0.25) is 4.79 Å². The molecule has 0 radical (unpaired) electrons. The molecule has 0 bridgehead atoms. The normalized spacial score (nSPS) is 19.9. The average molecular weight is 248 g/mol. The van der Waals surface area contributed by atoms with Crippen molar-refractivity contribution in [2.45, 2.75) is 25.4 Å². The fraction of sp³-hybridized carbons (Fsp3) is 0.500. The second-order valence-electron chi connectivity index (χ2n) is 4.79. The highest BCUT2D eigenvalue weighted by molar-refractivity contribution is 5.94. The third-order valence-electron chi connectivity index (χ3n) is 3.29. The molecule has 18 heavy (non-hydrogen) atoms. The lowest BCUT2D eigenvalue weighted by Crippen LogP contribution is -2.42. The number of β-amino-alcohol motifs (C(OH)–C–C–N with tert-alkyl or cyclic N) is 1. The van der Waals surface area contributed by atoms with Crippen LogP contribution in [0.2, 0.25) is 0 Å². The van der Waals surface area contributed by atoms with Crippen LogP contribution in [0.4, 0.5) is 0 Å². The summed E-state index contributed by atoms with van der Waals surface area (Å²) in [5.41, 5.74) is 7.29. The molecule has 1 atom stereocenters. The zero-order valence-corrected chi connectivity index (χ0v) is 10.5. The molecule has 4 heteroatoms. The van der Waals surface area contributed by atoms with Crippen LogP contribution in [0, 0.1) is 0 Å². The second kappa shape index (κ2) is 5.98. The van der Waals surface area contributed by atoms with Crippen molar-refractivity contribution in [3.8, 4) is 0 Å². The Morgan fingerprint density at radius 1 is 1.50 bits per heavy atom. The Morgan fingerprint density at radius 2 is 2.33 bits per heavy atom. The van der Waals surface area contributed by atoms with Gasteiger partial charge in [-0.05, 0) is 43.5 Å². The van der Waals surface area contributed by atoms with Crippen molar-refractivity contribution >= 4 is 5.91 Å². The summed E-state index contributed by atoms with van der Waals surface area (Å²) in [6.07, 6.45) is 2.06. The number of amides is 1. The van der Waals surface area contributed by atoms with Gasteiger partial charge in [-0.2, -0.15) is 0 Å². The van der Waals surface area contributed by atoms with Crippen molar-refractivity contribution < 1.29 is 9.90 Å². The highest BCUT2D eigenvalue weighted by Gasteiger charge is 2.22. The first-order valence-corrected chi connectivity index (χ1v) is 6.47. The molecule has 2 rings (SSSR count). The molecule has 0 aliphatic carbocycles. The molecule has 0 aromatic heterocycles. The first kappa shape index (κ1) is 13.1. The molecular weight excluding hydrogens is 228 g/mol. The van der Waals surface area contributed by atoms with Gasteiger partial charge in [-0.25, -0.2) is 0 Å². The lowest BCUT2D eigenvalue weighted by Gasteiger charge is -2.30. The third kappa shape index (κ3) is 3.09. The summed E-state index contributed by atoms with van der Waals surface area (Å²) in [5.74, 6) is 0.00706. The summed E-state index contributed by atoms with van der Waals surface area (Å²) in [5, 5.41) is 9.60. The molecule has 1 aliphatic rings. The van der Waals surface area contributed by atoms with Crippen LogP contribution < -0.4 is 5.73 Å². The fourth-order valence-corrected chi connectivity index (χ4v) is 2.35. The number of rotatable bonds is 3. The van der Waals surface area contributed by atoms with E-state index in [2.05, 4.69) is 0 Å². The number of carbonyl (C=O) groups excluding carboxylic acids is 1. The number of hydrogen-bond donors (Lipinski definition) is 2. The summed E-state index contributed by atoms with van der Waals surface area (Å²) in [6, 6.07) is 7.59. The predicted octanol–water partition coefficient (Wildman–Crippen LogP) is 0.785. The van der Waals surface area contributed by atoms with Gasteiger partial charge in [0, 0.05) is 18.7 Å². The van der Waals surface area contributed by atoms with Crippen LogP contribution in [0.1, 0.15) is 28.8 Å². The Labute approximate surface area is 107 Å². The van der Waals surface area contributed by atoms with Gasteiger partial charge in [0.15, 0.2) is 0 Å². The van der Waals surface area contributed by atoms with E-state index in [1.54, 1.807) is 4.90 Å². The molecule has 3 N–H and O–H groups in total. The number of benzene rings is 1. The van der Waals surface area contributed by atoms with E-state index in [4.69, 9.17) is 5.73 Å². The second-order valence-corrected chi connectivity index (χ2v) is 4.79. The van der Waals surface area contributed by atoms with E-state index in [0.29, 0.717) is 18.7 Å². The van der Waals surface area contributed by atoms with Crippen LogP contribution in [0.15, 0.2) is 24.3 Å². The van der Waals surface area contributed by atoms with Crippen molar-refractivity contribution in [2.24, 2.45) is 5.73 Å². The minimum absolute atomic E-state index is 0.00706. The summed E-state index contributed by atoms with van der Waals surface area (Å²) in [6.45, 7) is 1.76. The van der Waals surface area contributed by atoms with Crippen molar-refractivity contribution in [2.75, 3.05) is 19.6 Å². The van der Waals surface area contributed by atoms with Crippen LogP contribution in [0.3, 0.4) is 0 Å². The molecule has 1 aliphatic heterocycles. The van der Waals surface area contributed by atoms with Gasteiger partial charge in [0.25, 0.3) is 5.91 Å². The molecular formula is C14H20N2O2. The molecule has 1 amide bonds. The van der Waals surface area contributed by atoms with Crippen LogP contribution >= 0.6 is 0 Å². The van der Waals surface area contributed by atoms with Gasteiger partial charge < -0.3 is 15.7 Å². The van der Waals surface area contributed by atoms with Crippen LogP contribution in [-0.4, -0.2) is 41.7 Å². The number of likely N-dealkylation sites (tertiary alicyclic amines) is 1. The lowest BCUT2D eigenvalue weighted by molar-refractivity contribution is 0.0473. The molecule has 98 valence electrons. The SMILES string of the molecule is NCCc1cccc(C(=O)N2CCC[C@H](O)C2)c1. The Bertz CT molecular complexity index is 420. The Hall–Kier alpha value is -1.39. The molecule has 0 spiro atoms. The average Bonchev–Trinajstić information content (AvgIpc) is 2.39. The third-order valence-corrected chi connectivity index (χ3v) is 3.29. The quantitative estimate of drug-likeness (QED) is 0.831. The Morgan fingerprint density at radius 3 is 3.06 bits per heavy atom. The maximum atomic E-state index is 12.3. The summed E-state index contributed by atoms with van der Waals surface area (Å²) in [7, 11) is 0. The van der Waals surface area contributed by atoms with Crippen LogP contribution in [0.5, 0.6) is 0 Å². The van der Waals surface area contributed by atoms with Crippen LogP contribution in [0.25, 0.3) is 0 Å². The standard InChI is InChI=1S/C14H20N2O2/c15-7-6-11-3-1-4-12(9-11)14(18)16-8-2-5-13(17)10-16/h1,3-4,9,13,17H,2,5-8,10,15H2/t13-/m0/s1. The summed E-state index contributed by atoms with van der Waals surface area (Å²) < 4.78 is 0. The molecule has 1 aromatic rings. The van der Waals surface area contributed by atoms with Gasteiger partial charge in [-0.15, -0.1) is 0 Å². The summed E-state index contributed by atoms with van der Waals surface area (Å²) >= 11 is 0. The minimum Gasteiger partial charge on any atom is -0.391 e. The molecule has 1 heterocycles. The van der Waals surface area contributed by atoms with Crippen molar-refractivity contribution in [1.29, 1.82) is 0 Å². The van der Waals surface area contributed by atoms with Crippen LogP contribution in [-0.2, 0) is 6.42 Å². The zero-order chi connectivity index (χ0) is 13.0. The van der Waals surface area contributed by atoms with E-state index in [9.17, 15) is 9.90 Å². The monoisotopic (exact) mass is 248 g/mol. The maximum Gasteiger partial charge on any atom is 0.253 e. The van der Waals surface area contributed by atoms with E-state index >= 15 is 0 Å². The van der Waals surface area contributed by atoms with Gasteiger partial charge in [0.1, 0.15) is 0 Å². The number of piperidine rings is 1. The van der Waals surface area contributed by atoms with E-state index in [1.807, 2.05) is 24.3 Å². The largest absolute Gasteiger partial charge is 0.391 e. The number of aliphatic hydroxyl groups is 1. The number of hydrogen-bond acceptors (Lipinski definition) is 3. The lowest BCUT2D eigenvalue weighted by atomic mass is 10.0. The molecule has 1 fully saturated rings. The number of carbonyl (C=O) groups is 1. The van der Waals surface area contributed by atoms with Crippen molar-refractivity contribution in [3.63, 3.8) is 0 Å². The van der Waals surface area contributed by atoms with E-state index in [0.717, 1.165) is 31.4 Å². The maximum absolute atomic E-state index is 12.3. The predicted molar refractivity (Wildman–Crippen MR) is 70.3 cm³/mol. The summed E-state index contributed by atoms with van der Waals surface area (Å²) in [4.78, 5) is 14.0. The smallest absolute Gasteiger partial charge is 0.253 e. The van der Waals surface area contributed by atoms with Gasteiger partial charge >= 0.3 is 0 Å². The zero-order valence-electron chi connectivity index (χ0n) is 10.5. The molecule has 1 saturated heterocycles. The molecule has 0 saturated carbocycles. The topological polar surface area (TPSA) is 66.6 Å². The molecule has 1 aromatic carbocycles. The highest BCUT2D eigenvalue weighted by Crippen LogP contribution is 2.15. The first-order chi connectivity index (χ1) is 8.70. The minimum atomic E-state index is -0.380. The van der Waals surface area contributed by atoms with Crippen molar-refractivity contribution in [3.05, 3.63) is 35.4 Å². The van der Waals surface area contributed by atoms with E-state index < -0.39 is 0 Å². The number of nitrogens with zero attached hydrogens (tertiary/aromatic N) is 1. The Kier molecular flexibility index (Phi) is 4.33. The van der Waals surface area contributed by atoms with Gasteiger partial charge in [0.2, 0.25) is 0 Å². The van der Waals surface area contributed by atoms with Gasteiger partial charge in [0.05, 0.1) is 6.10 Å². The molecule has 0 unspecified atom stereocenters. The first-order valence-electron chi connectivity index (χ1n) is 6.47. The molecule has 4 nitrogen and oxygen atoms in total. The highest BCUT2D eigenvalue weighted by atomic mass is 16.3. The fourth-order valence-electron chi connectivity index (χ4n) is 2.35. The van der Waals surface area contributed by atoms with E-state index in [-0.39, 0.29) is 12.0 Å².